The lowest BCUT2D eigenvalue weighted by molar-refractivity contribution is 0.0734. The van der Waals surface area contributed by atoms with Crippen LogP contribution in [0, 0.1) is 17.5 Å². The van der Waals surface area contributed by atoms with Crippen molar-refractivity contribution in [1.82, 2.24) is 0 Å². The second kappa shape index (κ2) is 11.8. The number of ether oxygens (including phenoxy) is 1. The number of esters is 1. The average molecular weight is 511 g/mol. The molecule has 190 valence electrons. The van der Waals surface area contributed by atoms with Crippen molar-refractivity contribution < 1.29 is 31.5 Å². The Labute approximate surface area is 211 Å². The third kappa shape index (κ3) is 6.61. The number of benzene rings is 4. The van der Waals surface area contributed by atoms with Gasteiger partial charge in [0.1, 0.15) is 24.4 Å². The van der Waals surface area contributed by atoms with Crippen LogP contribution >= 0.6 is 0 Å². The number of hydrogen-bond acceptors (Lipinski definition) is 2. The normalized spacial score (nSPS) is 12.7. The second-order valence-electron chi connectivity index (χ2n) is 8.64. The molecule has 0 saturated carbocycles. The van der Waals surface area contributed by atoms with Crippen LogP contribution in [-0.2, 0) is 6.42 Å². The predicted octanol–water partition coefficient (Wildman–Crippen LogP) is 8.01. The molecule has 0 aliphatic carbocycles. The van der Waals surface area contributed by atoms with E-state index in [4.69, 9.17) is 4.74 Å². The zero-order valence-electron chi connectivity index (χ0n) is 19.6. The van der Waals surface area contributed by atoms with Crippen LogP contribution in [0.5, 0.6) is 5.75 Å². The highest BCUT2D eigenvalue weighted by Gasteiger charge is 2.21. The van der Waals surface area contributed by atoms with E-state index in [1.54, 1.807) is 48.5 Å². The van der Waals surface area contributed by atoms with Gasteiger partial charge in [-0.05, 0) is 83.5 Å². The SMILES string of the molecule is O=C(Oc1ccc(-c2ccc(F)cc2)cc1)c1ccc(C(Cc2cccc(F)c2F)CC(F)CF)cc1. The predicted molar refractivity (Wildman–Crippen MR) is 132 cm³/mol. The van der Waals surface area contributed by atoms with Crippen LogP contribution in [0.1, 0.15) is 33.8 Å². The molecule has 37 heavy (non-hydrogen) atoms. The summed E-state index contributed by atoms with van der Waals surface area (Å²) >= 11 is 0. The first-order valence-electron chi connectivity index (χ1n) is 11.6. The molecule has 0 aromatic heterocycles. The van der Waals surface area contributed by atoms with Crippen molar-refractivity contribution in [1.29, 1.82) is 0 Å². The van der Waals surface area contributed by atoms with E-state index in [2.05, 4.69) is 0 Å². The minimum atomic E-state index is -1.76. The van der Waals surface area contributed by atoms with Crippen LogP contribution in [0.25, 0.3) is 11.1 Å². The third-order valence-electron chi connectivity index (χ3n) is 6.07. The summed E-state index contributed by atoms with van der Waals surface area (Å²) in [5, 5.41) is 0. The molecular formula is C30H23F5O2. The van der Waals surface area contributed by atoms with Gasteiger partial charge in [0, 0.05) is 0 Å². The van der Waals surface area contributed by atoms with E-state index >= 15 is 0 Å². The van der Waals surface area contributed by atoms with Crippen LogP contribution in [-0.4, -0.2) is 18.8 Å². The molecule has 4 aromatic carbocycles. The monoisotopic (exact) mass is 510 g/mol. The quantitative estimate of drug-likeness (QED) is 0.130. The number of hydrogen-bond donors (Lipinski definition) is 0. The highest BCUT2D eigenvalue weighted by molar-refractivity contribution is 5.91. The first-order valence-corrected chi connectivity index (χ1v) is 11.6. The minimum Gasteiger partial charge on any atom is -0.423 e. The van der Waals surface area contributed by atoms with Gasteiger partial charge in [-0.15, -0.1) is 0 Å². The molecule has 4 rings (SSSR count). The van der Waals surface area contributed by atoms with Gasteiger partial charge < -0.3 is 4.74 Å². The van der Waals surface area contributed by atoms with Crippen LogP contribution in [0.3, 0.4) is 0 Å². The average Bonchev–Trinajstić information content (AvgIpc) is 2.91. The molecule has 0 amide bonds. The van der Waals surface area contributed by atoms with Crippen molar-refractivity contribution in [3.63, 3.8) is 0 Å². The van der Waals surface area contributed by atoms with Gasteiger partial charge in [-0.25, -0.2) is 26.7 Å². The molecule has 7 heteroatoms. The molecule has 0 bridgehead atoms. The smallest absolute Gasteiger partial charge is 0.343 e. The summed E-state index contributed by atoms with van der Waals surface area (Å²) in [7, 11) is 0. The number of carbonyl (C=O) groups is 1. The summed E-state index contributed by atoms with van der Waals surface area (Å²) in [4.78, 5) is 12.6. The van der Waals surface area contributed by atoms with Crippen molar-refractivity contribution in [2.24, 2.45) is 0 Å². The first-order chi connectivity index (χ1) is 17.8. The summed E-state index contributed by atoms with van der Waals surface area (Å²) in [6, 6.07) is 22.6. The van der Waals surface area contributed by atoms with Gasteiger partial charge in [0.25, 0.3) is 0 Å². The number of alkyl halides is 2. The van der Waals surface area contributed by atoms with Gasteiger partial charge in [-0.1, -0.05) is 48.5 Å². The van der Waals surface area contributed by atoms with E-state index in [1.807, 2.05) is 0 Å². The first kappa shape index (κ1) is 26.1. The summed E-state index contributed by atoms with van der Waals surface area (Å²) in [6.45, 7) is -1.19. The van der Waals surface area contributed by atoms with Crippen molar-refractivity contribution in [2.75, 3.05) is 6.67 Å². The van der Waals surface area contributed by atoms with Crippen molar-refractivity contribution in [2.45, 2.75) is 24.9 Å². The van der Waals surface area contributed by atoms with Crippen LogP contribution < -0.4 is 4.74 Å². The highest BCUT2D eigenvalue weighted by Crippen LogP contribution is 2.29. The van der Waals surface area contributed by atoms with Gasteiger partial charge in [0.05, 0.1) is 5.56 Å². The van der Waals surface area contributed by atoms with E-state index in [1.165, 1.54) is 36.4 Å². The lowest BCUT2D eigenvalue weighted by Crippen LogP contribution is -2.14. The molecule has 0 saturated heterocycles. The van der Waals surface area contributed by atoms with Gasteiger partial charge >= 0.3 is 5.97 Å². The zero-order chi connectivity index (χ0) is 26.4. The molecule has 2 nitrogen and oxygen atoms in total. The standard InChI is InChI=1S/C30H23F5O2/c31-18-26(33)17-24(16-23-2-1-3-28(34)29(23)35)21-4-6-22(7-5-21)30(36)37-27-14-10-20(11-15-27)19-8-12-25(32)13-9-19/h1-15,24,26H,16-18H2. The Balaban J connectivity index is 1.46. The van der Waals surface area contributed by atoms with Crippen molar-refractivity contribution in [3.8, 4) is 16.9 Å². The van der Waals surface area contributed by atoms with E-state index in [9.17, 15) is 26.7 Å². The van der Waals surface area contributed by atoms with Crippen LogP contribution in [0.4, 0.5) is 22.0 Å². The summed E-state index contributed by atoms with van der Waals surface area (Å²) in [5.41, 5.74) is 2.48. The largest absolute Gasteiger partial charge is 0.423 e. The van der Waals surface area contributed by atoms with Crippen molar-refractivity contribution in [3.05, 3.63) is 125 Å². The molecule has 0 heterocycles. The fraction of sp³-hybridized carbons (Fsp3) is 0.167. The highest BCUT2D eigenvalue weighted by atomic mass is 19.2. The van der Waals surface area contributed by atoms with E-state index in [-0.39, 0.29) is 29.8 Å². The van der Waals surface area contributed by atoms with E-state index < -0.39 is 36.4 Å². The zero-order valence-corrected chi connectivity index (χ0v) is 19.6. The van der Waals surface area contributed by atoms with Gasteiger partial charge in [0.15, 0.2) is 11.6 Å². The Morgan fingerprint density at radius 1 is 0.784 bits per heavy atom. The summed E-state index contributed by atoms with van der Waals surface area (Å²) in [6.07, 6.45) is -2.02. The lowest BCUT2D eigenvalue weighted by Gasteiger charge is -2.19. The Hall–Kier alpha value is -4.00. The Morgan fingerprint density at radius 3 is 2.03 bits per heavy atom. The van der Waals surface area contributed by atoms with E-state index in [0.717, 1.165) is 17.2 Å². The van der Waals surface area contributed by atoms with E-state index in [0.29, 0.717) is 11.3 Å². The number of halogens is 5. The number of rotatable bonds is 9. The minimum absolute atomic E-state index is 0.0335. The fourth-order valence-electron chi connectivity index (χ4n) is 4.10. The third-order valence-corrected chi connectivity index (χ3v) is 6.07. The topological polar surface area (TPSA) is 26.3 Å². The van der Waals surface area contributed by atoms with Gasteiger partial charge in [-0.2, -0.15) is 0 Å². The maximum Gasteiger partial charge on any atom is 0.343 e. The van der Waals surface area contributed by atoms with Crippen molar-refractivity contribution >= 4 is 5.97 Å². The summed E-state index contributed by atoms with van der Waals surface area (Å²) in [5.74, 6) is -3.31. The molecule has 0 fully saturated rings. The van der Waals surface area contributed by atoms with Crippen LogP contribution in [0.2, 0.25) is 0 Å². The molecule has 2 unspecified atom stereocenters. The summed E-state index contributed by atoms with van der Waals surface area (Å²) < 4.78 is 73.2. The maximum absolute atomic E-state index is 14.2. The Bertz CT molecular complexity index is 1340. The molecule has 0 aliphatic rings. The molecule has 4 aromatic rings. The molecule has 0 aliphatic heterocycles. The number of carbonyl (C=O) groups excluding carboxylic acids is 1. The van der Waals surface area contributed by atoms with Gasteiger partial charge in [-0.3, -0.25) is 0 Å². The van der Waals surface area contributed by atoms with Gasteiger partial charge in [0.2, 0.25) is 0 Å². The molecular weight excluding hydrogens is 487 g/mol. The molecule has 0 spiro atoms. The second-order valence-corrected chi connectivity index (χ2v) is 8.64. The Morgan fingerprint density at radius 2 is 1.41 bits per heavy atom. The van der Waals surface area contributed by atoms with Crippen LogP contribution in [0.15, 0.2) is 91.0 Å². The maximum atomic E-state index is 14.2. The molecule has 0 radical (unpaired) electrons. The fourth-order valence-corrected chi connectivity index (χ4v) is 4.10. The Kier molecular flexibility index (Phi) is 8.33. The molecule has 2 atom stereocenters. The lowest BCUT2D eigenvalue weighted by atomic mass is 9.87. The molecule has 0 N–H and O–H groups in total.